The number of aromatic nitrogens is 4. The third-order valence-electron chi connectivity index (χ3n) is 4.98. The number of pyridine rings is 1. The number of hydrogen-bond acceptors (Lipinski definition) is 6. The molecule has 0 aliphatic rings. The first kappa shape index (κ1) is 21.6. The van der Waals surface area contributed by atoms with Gasteiger partial charge >= 0.3 is 0 Å². The molecule has 0 aliphatic heterocycles. The Balaban J connectivity index is 1.61. The van der Waals surface area contributed by atoms with E-state index in [-0.39, 0.29) is 17.9 Å². The van der Waals surface area contributed by atoms with Crippen LogP contribution >= 0.6 is 11.3 Å². The number of benzene rings is 1. The first-order chi connectivity index (χ1) is 15.4. The number of amides is 2. The summed E-state index contributed by atoms with van der Waals surface area (Å²) in [6, 6.07) is 9.02. The van der Waals surface area contributed by atoms with Gasteiger partial charge in [0, 0.05) is 48.4 Å². The van der Waals surface area contributed by atoms with Crippen LogP contribution in [-0.4, -0.2) is 31.3 Å². The summed E-state index contributed by atoms with van der Waals surface area (Å²) >= 11 is 1.51. The average Bonchev–Trinajstić information content (AvgIpc) is 3.39. The van der Waals surface area contributed by atoms with Crippen molar-refractivity contribution in [3.05, 3.63) is 70.2 Å². The van der Waals surface area contributed by atoms with Crippen LogP contribution in [0.4, 0.5) is 5.69 Å². The largest absolute Gasteiger partial charge is 0.343 e. The Bertz CT molecular complexity index is 1260. The minimum atomic E-state index is -0.248. The minimum absolute atomic E-state index is 0.215. The third kappa shape index (κ3) is 4.83. The standard InChI is InChI=1S/C23H24N6O2S/c1-14-12-32-23(26-14)15(2)27-22(31)17-10-19-21(20(11-17)28-16(3)30)29(13-25-19)9-7-18-6-4-5-8-24-18/h4-6,8,10-13,15H,7,9H2,1-3H3,(H,27,31)(H,28,30). The van der Waals surface area contributed by atoms with E-state index in [0.717, 1.165) is 28.3 Å². The lowest BCUT2D eigenvalue weighted by atomic mass is 10.1. The molecule has 0 saturated heterocycles. The van der Waals surface area contributed by atoms with E-state index in [1.807, 2.05) is 42.0 Å². The van der Waals surface area contributed by atoms with E-state index in [4.69, 9.17) is 0 Å². The lowest BCUT2D eigenvalue weighted by Gasteiger charge is -2.14. The summed E-state index contributed by atoms with van der Waals surface area (Å²) < 4.78 is 1.97. The average molecular weight is 449 g/mol. The predicted molar refractivity (Wildman–Crippen MR) is 125 cm³/mol. The van der Waals surface area contributed by atoms with Gasteiger partial charge in [-0.2, -0.15) is 0 Å². The molecule has 2 amide bonds. The van der Waals surface area contributed by atoms with Crippen LogP contribution in [0.3, 0.4) is 0 Å². The van der Waals surface area contributed by atoms with Crippen LogP contribution in [0.15, 0.2) is 48.2 Å². The Hall–Kier alpha value is -3.59. The van der Waals surface area contributed by atoms with Gasteiger partial charge in [-0.25, -0.2) is 9.97 Å². The summed E-state index contributed by atoms with van der Waals surface area (Å²) in [5.41, 5.74) is 4.29. The third-order valence-corrected chi connectivity index (χ3v) is 6.12. The normalized spacial score (nSPS) is 12.0. The highest BCUT2D eigenvalue weighted by atomic mass is 32.1. The second-order valence-electron chi connectivity index (χ2n) is 7.60. The van der Waals surface area contributed by atoms with Crippen molar-refractivity contribution in [3.8, 4) is 0 Å². The van der Waals surface area contributed by atoms with Crippen LogP contribution < -0.4 is 10.6 Å². The zero-order valence-electron chi connectivity index (χ0n) is 18.1. The van der Waals surface area contributed by atoms with Crippen molar-refractivity contribution in [2.75, 3.05) is 5.32 Å². The van der Waals surface area contributed by atoms with Gasteiger partial charge in [-0.05, 0) is 38.1 Å². The number of fused-ring (bicyclic) bond motifs is 1. The SMILES string of the molecule is CC(=O)Nc1cc(C(=O)NC(C)c2nc(C)cs2)cc2ncn(CCc3ccccn3)c12. The summed E-state index contributed by atoms with van der Waals surface area (Å²) in [6.07, 6.45) is 4.21. The van der Waals surface area contributed by atoms with Gasteiger partial charge in [0.2, 0.25) is 5.91 Å². The Kier molecular flexibility index (Phi) is 6.27. The Morgan fingerprint density at radius 1 is 1.22 bits per heavy atom. The highest BCUT2D eigenvalue weighted by molar-refractivity contribution is 7.09. The fourth-order valence-corrected chi connectivity index (χ4v) is 4.29. The number of nitrogens with one attached hydrogen (secondary N) is 2. The van der Waals surface area contributed by atoms with E-state index in [9.17, 15) is 9.59 Å². The van der Waals surface area contributed by atoms with Crippen molar-refractivity contribution in [2.45, 2.75) is 39.8 Å². The van der Waals surface area contributed by atoms with E-state index in [1.54, 1.807) is 24.7 Å². The quantitative estimate of drug-likeness (QED) is 0.447. The van der Waals surface area contributed by atoms with E-state index in [1.165, 1.54) is 18.3 Å². The van der Waals surface area contributed by atoms with E-state index in [0.29, 0.717) is 23.3 Å². The molecule has 0 aliphatic carbocycles. The molecule has 0 saturated carbocycles. The van der Waals surface area contributed by atoms with Crippen LogP contribution in [0.5, 0.6) is 0 Å². The van der Waals surface area contributed by atoms with Gasteiger partial charge in [-0.15, -0.1) is 11.3 Å². The van der Waals surface area contributed by atoms with Gasteiger partial charge in [-0.1, -0.05) is 6.07 Å². The fourth-order valence-electron chi connectivity index (χ4n) is 3.49. The summed E-state index contributed by atoms with van der Waals surface area (Å²) in [6.45, 7) is 5.91. The summed E-state index contributed by atoms with van der Waals surface area (Å²) in [4.78, 5) is 38.1. The van der Waals surface area contributed by atoms with E-state index < -0.39 is 0 Å². The molecule has 3 aromatic heterocycles. The van der Waals surface area contributed by atoms with Gasteiger partial charge in [0.15, 0.2) is 0 Å². The molecule has 1 unspecified atom stereocenters. The van der Waals surface area contributed by atoms with Crippen molar-refractivity contribution in [2.24, 2.45) is 0 Å². The summed E-state index contributed by atoms with van der Waals surface area (Å²) in [5, 5.41) is 8.63. The maximum atomic E-state index is 12.9. The smallest absolute Gasteiger partial charge is 0.251 e. The summed E-state index contributed by atoms with van der Waals surface area (Å²) in [7, 11) is 0. The van der Waals surface area contributed by atoms with E-state index in [2.05, 4.69) is 25.6 Å². The molecule has 1 atom stereocenters. The lowest BCUT2D eigenvalue weighted by molar-refractivity contribution is -0.114. The van der Waals surface area contributed by atoms with Crippen molar-refractivity contribution in [3.63, 3.8) is 0 Å². The van der Waals surface area contributed by atoms with Crippen molar-refractivity contribution in [1.82, 2.24) is 24.8 Å². The summed E-state index contributed by atoms with van der Waals surface area (Å²) in [5.74, 6) is -0.463. The maximum Gasteiger partial charge on any atom is 0.251 e. The van der Waals surface area contributed by atoms with Gasteiger partial charge in [0.1, 0.15) is 5.01 Å². The predicted octanol–water partition coefficient (Wildman–Crippen LogP) is 3.89. The number of aryl methyl sites for hydroxylation is 3. The van der Waals surface area contributed by atoms with Crippen LogP contribution in [0.1, 0.15) is 46.6 Å². The second-order valence-corrected chi connectivity index (χ2v) is 8.49. The number of carbonyl (C=O) groups is 2. The van der Waals surface area contributed by atoms with E-state index >= 15 is 0 Å². The highest BCUT2D eigenvalue weighted by Gasteiger charge is 2.18. The van der Waals surface area contributed by atoms with Gasteiger partial charge in [0.05, 0.1) is 29.1 Å². The minimum Gasteiger partial charge on any atom is -0.343 e. The fraction of sp³-hybridized carbons (Fsp3) is 0.261. The van der Waals surface area contributed by atoms with Crippen molar-refractivity contribution >= 4 is 39.9 Å². The number of thiazole rings is 1. The molecule has 164 valence electrons. The molecule has 4 aromatic rings. The zero-order valence-corrected chi connectivity index (χ0v) is 18.9. The molecular weight excluding hydrogens is 424 g/mol. The first-order valence-corrected chi connectivity index (χ1v) is 11.2. The number of hydrogen-bond donors (Lipinski definition) is 2. The van der Waals surface area contributed by atoms with Gasteiger partial charge in [-0.3, -0.25) is 14.6 Å². The highest BCUT2D eigenvalue weighted by Crippen LogP contribution is 2.26. The molecule has 4 rings (SSSR count). The Morgan fingerprint density at radius 2 is 2.06 bits per heavy atom. The number of nitrogens with zero attached hydrogens (tertiary/aromatic N) is 4. The molecule has 0 fully saturated rings. The number of carbonyl (C=O) groups excluding carboxylic acids is 2. The molecule has 2 N–H and O–H groups in total. The Labute approximate surface area is 189 Å². The lowest BCUT2D eigenvalue weighted by Crippen LogP contribution is -2.26. The molecule has 8 nitrogen and oxygen atoms in total. The monoisotopic (exact) mass is 448 g/mol. The maximum absolute atomic E-state index is 12.9. The number of rotatable bonds is 7. The zero-order chi connectivity index (χ0) is 22.7. The molecule has 32 heavy (non-hydrogen) atoms. The van der Waals surface area contributed by atoms with Crippen LogP contribution in [0.2, 0.25) is 0 Å². The number of anilines is 1. The second kappa shape index (κ2) is 9.27. The van der Waals surface area contributed by atoms with Gasteiger partial charge in [0.25, 0.3) is 5.91 Å². The Morgan fingerprint density at radius 3 is 2.75 bits per heavy atom. The molecule has 0 radical (unpaired) electrons. The van der Waals surface area contributed by atoms with Crippen LogP contribution in [0, 0.1) is 6.92 Å². The van der Waals surface area contributed by atoms with Crippen LogP contribution in [0.25, 0.3) is 11.0 Å². The molecular formula is C23H24N6O2S. The first-order valence-electron chi connectivity index (χ1n) is 10.3. The van der Waals surface area contributed by atoms with Crippen molar-refractivity contribution < 1.29 is 9.59 Å². The molecule has 9 heteroatoms. The number of imidazole rings is 1. The van der Waals surface area contributed by atoms with Crippen LogP contribution in [-0.2, 0) is 17.8 Å². The van der Waals surface area contributed by atoms with Crippen molar-refractivity contribution in [1.29, 1.82) is 0 Å². The molecule has 3 heterocycles. The molecule has 0 bridgehead atoms. The van der Waals surface area contributed by atoms with Gasteiger partial charge < -0.3 is 15.2 Å². The topological polar surface area (TPSA) is 102 Å². The molecule has 1 aromatic carbocycles. The molecule has 0 spiro atoms.